The minimum absolute atomic E-state index is 0.223. The molecular formula is C24H26ClF2N5O2. The van der Waals surface area contributed by atoms with E-state index < -0.39 is 17.7 Å². The molecule has 0 spiro atoms. The predicted octanol–water partition coefficient (Wildman–Crippen LogP) is 4.25. The molecule has 1 aliphatic rings. The van der Waals surface area contributed by atoms with Gasteiger partial charge in [0, 0.05) is 45.3 Å². The van der Waals surface area contributed by atoms with E-state index in [1.54, 1.807) is 20.2 Å². The number of hydrogen-bond donors (Lipinski definition) is 2. The van der Waals surface area contributed by atoms with Crippen molar-refractivity contribution in [2.24, 2.45) is 7.05 Å². The summed E-state index contributed by atoms with van der Waals surface area (Å²) in [7, 11) is 3.31. The molecule has 0 saturated carbocycles. The largest absolute Gasteiger partial charge is 0.383 e. The van der Waals surface area contributed by atoms with Gasteiger partial charge in [-0.2, -0.15) is 5.10 Å². The van der Waals surface area contributed by atoms with Crippen LogP contribution in [0.4, 0.5) is 19.4 Å². The zero-order chi connectivity index (χ0) is 24.2. The number of hydrogen-bond acceptors (Lipinski definition) is 4. The van der Waals surface area contributed by atoms with Gasteiger partial charge in [0.15, 0.2) is 17.5 Å². The molecule has 2 heterocycles. The van der Waals surface area contributed by atoms with Crippen molar-refractivity contribution in [1.29, 1.82) is 0 Å². The van der Waals surface area contributed by atoms with Gasteiger partial charge in [0.1, 0.15) is 10.7 Å². The number of likely N-dealkylation sites (tertiary alicyclic amines) is 1. The zero-order valence-electron chi connectivity index (χ0n) is 18.9. The number of carbonyl (C=O) groups is 1. The van der Waals surface area contributed by atoms with E-state index in [1.165, 1.54) is 10.7 Å². The standard InChI is InChI=1S/C24H26ClF2N5O2/c1-31-23(21(25)22(30-31)15-6-4-3-5-7-15)29-24(33)28-20-14-32(10-11-34-2)13-17(20)16-8-9-18(26)19(27)12-16/h3-9,12,17,20H,10-11,13-14H2,1-2H3,(H2,28,29,33)/t17-,20+/m0/s1. The fraction of sp³-hybridized carbons (Fsp3) is 0.333. The Hall–Kier alpha value is -3.01. The number of anilines is 1. The van der Waals surface area contributed by atoms with Gasteiger partial charge >= 0.3 is 6.03 Å². The van der Waals surface area contributed by atoms with Crippen LogP contribution in [0, 0.1) is 11.6 Å². The van der Waals surface area contributed by atoms with Crippen LogP contribution in [0.3, 0.4) is 0 Å². The summed E-state index contributed by atoms with van der Waals surface area (Å²) >= 11 is 6.54. The molecule has 2 atom stereocenters. The van der Waals surface area contributed by atoms with Gasteiger partial charge in [-0.3, -0.25) is 14.9 Å². The zero-order valence-corrected chi connectivity index (χ0v) is 19.6. The van der Waals surface area contributed by atoms with E-state index in [4.69, 9.17) is 16.3 Å². The number of nitrogens with one attached hydrogen (secondary N) is 2. The number of amides is 2. The van der Waals surface area contributed by atoms with E-state index >= 15 is 0 Å². The molecule has 7 nitrogen and oxygen atoms in total. The van der Waals surface area contributed by atoms with Crippen molar-refractivity contribution in [2.75, 3.05) is 38.7 Å². The fourth-order valence-corrected chi connectivity index (χ4v) is 4.56. The van der Waals surface area contributed by atoms with Gasteiger partial charge in [-0.15, -0.1) is 0 Å². The van der Waals surface area contributed by atoms with Crippen molar-refractivity contribution in [3.05, 3.63) is 70.8 Å². The van der Waals surface area contributed by atoms with E-state index in [0.717, 1.165) is 11.6 Å². The molecule has 0 bridgehead atoms. The SMILES string of the molecule is COCCN1C[C@@H](NC(=O)Nc2c(Cl)c(-c3ccccc3)nn2C)[C@H](c2ccc(F)c(F)c2)C1. The average Bonchev–Trinajstić information content (AvgIpc) is 3.35. The molecule has 0 aliphatic carbocycles. The van der Waals surface area contributed by atoms with Gasteiger partial charge in [0.25, 0.3) is 0 Å². The number of aryl methyl sites for hydroxylation is 1. The van der Waals surface area contributed by atoms with Crippen molar-refractivity contribution < 1.29 is 18.3 Å². The molecule has 180 valence electrons. The van der Waals surface area contributed by atoms with Gasteiger partial charge in [0.05, 0.1) is 12.6 Å². The Kier molecular flexibility index (Phi) is 7.45. The number of methoxy groups -OCH3 is 1. The lowest BCUT2D eigenvalue weighted by Crippen LogP contribution is -2.42. The van der Waals surface area contributed by atoms with E-state index in [0.29, 0.717) is 48.3 Å². The number of carbonyl (C=O) groups excluding carboxylic acids is 1. The van der Waals surface area contributed by atoms with Crippen LogP contribution in [0.2, 0.25) is 5.02 Å². The molecule has 0 unspecified atom stereocenters. The van der Waals surface area contributed by atoms with E-state index in [2.05, 4.69) is 20.6 Å². The van der Waals surface area contributed by atoms with Crippen LogP contribution in [0.15, 0.2) is 48.5 Å². The number of nitrogens with zero attached hydrogens (tertiary/aromatic N) is 3. The molecule has 1 aliphatic heterocycles. The first-order valence-corrected chi connectivity index (χ1v) is 11.3. The summed E-state index contributed by atoms with van der Waals surface area (Å²) in [6.07, 6.45) is 0. The quantitative estimate of drug-likeness (QED) is 0.520. The van der Waals surface area contributed by atoms with Crippen LogP contribution in [0.1, 0.15) is 11.5 Å². The van der Waals surface area contributed by atoms with Gasteiger partial charge in [-0.25, -0.2) is 13.6 Å². The maximum atomic E-state index is 13.9. The van der Waals surface area contributed by atoms with Crippen molar-refractivity contribution >= 4 is 23.4 Å². The van der Waals surface area contributed by atoms with E-state index in [-0.39, 0.29) is 12.0 Å². The Balaban J connectivity index is 1.51. The molecule has 0 radical (unpaired) electrons. The topological polar surface area (TPSA) is 71.4 Å². The van der Waals surface area contributed by atoms with Crippen molar-refractivity contribution in [3.63, 3.8) is 0 Å². The molecule has 2 N–H and O–H groups in total. The second kappa shape index (κ2) is 10.5. The first-order valence-electron chi connectivity index (χ1n) is 10.9. The van der Waals surface area contributed by atoms with E-state index in [9.17, 15) is 13.6 Å². The highest BCUT2D eigenvalue weighted by molar-refractivity contribution is 6.36. The molecule has 34 heavy (non-hydrogen) atoms. The van der Waals surface area contributed by atoms with Crippen molar-refractivity contribution in [3.8, 4) is 11.3 Å². The molecule has 1 fully saturated rings. The third-order valence-electron chi connectivity index (χ3n) is 5.96. The monoisotopic (exact) mass is 489 g/mol. The third-order valence-corrected chi connectivity index (χ3v) is 6.32. The summed E-state index contributed by atoms with van der Waals surface area (Å²) in [5.41, 5.74) is 2.01. The summed E-state index contributed by atoms with van der Waals surface area (Å²) in [5, 5.41) is 10.5. The normalized spacial score (nSPS) is 18.3. The second-order valence-electron chi connectivity index (χ2n) is 8.24. The number of urea groups is 1. The molecular weight excluding hydrogens is 464 g/mol. The predicted molar refractivity (Wildman–Crippen MR) is 127 cm³/mol. The Morgan fingerprint density at radius 1 is 1.18 bits per heavy atom. The average molecular weight is 490 g/mol. The molecule has 4 rings (SSSR count). The molecule has 3 aromatic rings. The smallest absolute Gasteiger partial charge is 0.320 e. The summed E-state index contributed by atoms with van der Waals surface area (Å²) in [6, 6.07) is 12.5. The second-order valence-corrected chi connectivity index (χ2v) is 8.62. The summed E-state index contributed by atoms with van der Waals surface area (Å²) in [5.74, 6) is -1.68. The number of benzene rings is 2. The lowest BCUT2D eigenvalue weighted by molar-refractivity contribution is 0.159. The Morgan fingerprint density at radius 3 is 2.65 bits per heavy atom. The Morgan fingerprint density at radius 2 is 1.94 bits per heavy atom. The lowest BCUT2D eigenvalue weighted by atomic mass is 9.94. The van der Waals surface area contributed by atoms with Crippen LogP contribution in [-0.4, -0.2) is 60.1 Å². The maximum Gasteiger partial charge on any atom is 0.320 e. The number of aromatic nitrogens is 2. The van der Waals surface area contributed by atoms with Crippen LogP contribution in [-0.2, 0) is 11.8 Å². The molecule has 1 aromatic heterocycles. The lowest BCUT2D eigenvalue weighted by Gasteiger charge is -2.21. The van der Waals surface area contributed by atoms with Crippen LogP contribution >= 0.6 is 11.6 Å². The number of halogens is 3. The minimum Gasteiger partial charge on any atom is -0.383 e. The first-order chi connectivity index (χ1) is 16.4. The van der Waals surface area contributed by atoms with E-state index in [1.807, 2.05) is 30.3 Å². The first kappa shape index (κ1) is 24.1. The van der Waals surface area contributed by atoms with Crippen LogP contribution in [0.25, 0.3) is 11.3 Å². The molecule has 2 aromatic carbocycles. The summed E-state index contributed by atoms with van der Waals surface area (Å²) in [4.78, 5) is 15.1. The molecule has 10 heteroatoms. The van der Waals surface area contributed by atoms with Gasteiger partial charge in [-0.05, 0) is 17.7 Å². The molecule has 1 saturated heterocycles. The van der Waals surface area contributed by atoms with Crippen LogP contribution < -0.4 is 10.6 Å². The summed E-state index contributed by atoms with van der Waals surface area (Å²) < 4.78 is 34.1. The molecule has 2 amide bonds. The highest BCUT2D eigenvalue weighted by Gasteiger charge is 2.35. The highest BCUT2D eigenvalue weighted by Crippen LogP contribution is 2.33. The van der Waals surface area contributed by atoms with Crippen molar-refractivity contribution in [2.45, 2.75) is 12.0 Å². The summed E-state index contributed by atoms with van der Waals surface area (Å²) in [6.45, 7) is 2.29. The van der Waals surface area contributed by atoms with Crippen molar-refractivity contribution in [1.82, 2.24) is 20.0 Å². The maximum absolute atomic E-state index is 13.9. The third kappa shape index (κ3) is 5.22. The highest BCUT2D eigenvalue weighted by atomic mass is 35.5. The Labute approximate surface area is 201 Å². The number of ether oxygens (including phenoxy) is 1. The van der Waals surface area contributed by atoms with Gasteiger partial charge in [-0.1, -0.05) is 48.0 Å². The van der Waals surface area contributed by atoms with Crippen LogP contribution in [0.5, 0.6) is 0 Å². The fourth-order valence-electron chi connectivity index (χ4n) is 4.24. The number of rotatable bonds is 7. The van der Waals surface area contributed by atoms with Gasteiger partial charge in [0.2, 0.25) is 0 Å². The minimum atomic E-state index is -0.911. The van der Waals surface area contributed by atoms with Gasteiger partial charge < -0.3 is 10.1 Å². The Bertz CT molecular complexity index is 1160.